The van der Waals surface area contributed by atoms with E-state index in [0.29, 0.717) is 24.0 Å². The normalized spacial score (nSPS) is 11.5. The molecule has 0 unspecified atom stereocenters. The van der Waals surface area contributed by atoms with Crippen LogP contribution in [0.4, 0.5) is 5.13 Å². The Bertz CT molecular complexity index is 1360. The number of hydrogen-bond acceptors (Lipinski definition) is 5. The van der Waals surface area contributed by atoms with Crippen LogP contribution >= 0.6 is 22.9 Å². The molecule has 5 rings (SSSR count). The lowest BCUT2D eigenvalue weighted by atomic mass is 10.2. The van der Waals surface area contributed by atoms with E-state index in [1.165, 1.54) is 11.3 Å². The summed E-state index contributed by atoms with van der Waals surface area (Å²) >= 11 is 7.15. The molecule has 0 bridgehead atoms. The second kappa shape index (κ2) is 7.42. The highest BCUT2D eigenvalue weighted by molar-refractivity contribution is 7.13. The summed E-state index contributed by atoms with van der Waals surface area (Å²) in [7, 11) is 0. The number of hydrogen-bond donors (Lipinski definition) is 1. The standard InChI is InChI=1S/C21H16ClN5OS/c22-11-13-12-29-21(23-13)26-18(28)9-10-27-17-8-4-1-5-14(17)19-20(27)25-16-7-3-2-6-15(16)24-19/h1-8,12H,9-11H2,(H,23,26,28). The SMILES string of the molecule is O=C(CCn1c2ccccc2c2nc3ccccc3nc21)Nc1nc(CCl)cs1. The van der Waals surface area contributed by atoms with Crippen LogP contribution in [0.25, 0.3) is 33.1 Å². The average molecular weight is 422 g/mol. The van der Waals surface area contributed by atoms with E-state index in [9.17, 15) is 4.79 Å². The van der Waals surface area contributed by atoms with Gasteiger partial charge >= 0.3 is 0 Å². The summed E-state index contributed by atoms with van der Waals surface area (Å²) < 4.78 is 2.07. The van der Waals surface area contributed by atoms with Gasteiger partial charge in [0, 0.05) is 23.7 Å². The number of carbonyl (C=O) groups is 1. The fourth-order valence-corrected chi connectivity index (χ4v) is 4.39. The van der Waals surface area contributed by atoms with Gasteiger partial charge in [0.05, 0.1) is 28.1 Å². The first-order valence-corrected chi connectivity index (χ1v) is 10.6. The second-order valence-electron chi connectivity index (χ2n) is 6.63. The minimum atomic E-state index is -0.0971. The molecular weight excluding hydrogens is 406 g/mol. The summed E-state index contributed by atoms with van der Waals surface area (Å²) in [6.07, 6.45) is 0.304. The number of nitrogens with one attached hydrogen (secondary N) is 1. The molecule has 8 heteroatoms. The molecule has 0 aliphatic carbocycles. The Kier molecular flexibility index (Phi) is 4.61. The molecule has 0 saturated heterocycles. The molecule has 0 spiro atoms. The third kappa shape index (κ3) is 3.32. The van der Waals surface area contributed by atoms with Crippen LogP contribution in [-0.4, -0.2) is 25.4 Å². The number of aryl methyl sites for hydroxylation is 1. The number of alkyl halides is 1. The van der Waals surface area contributed by atoms with E-state index in [1.807, 2.05) is 53.9 Å². The zero-order chi connectivity index (χ0) is 19.8. The van der Waals surface area contributed by atoms with Crippen molar-refractivity contribution in [1.82, 2.24) is 19.5 Å². The Labute approximate surface area is 175 Å². The quantitative estimate of drug-likeness (QED) is 0.407. The largest absolute Gasteiger partial charge is 0.323 e. The Balaban J connectivity index is 1.49. The van der Waals surface area contributed by atoms with E-state index in [0.717, 1.165) is 38.8 Å². The number of carbonyl (C=O) groups excluding carboxylic acids is 1. The van der Waals surface area contributed by atoms with E-state index >= 15 is 0 Å². The van der Waals surface area contributed by atoms with Crippen LogP contribution in [0.3, 0.4) is 0 Å². The molecule has 0 aliphatic heterocycles. The lowest BCUT2D eigenvalue weighted by Crippen LogP contribution is -2.14. The van der Waals surface area contributed by atoms with Crippen molar-refractivity contribution in [1.29, 1.82) is 0 Å². The van der Waals surface area contributed by atoms with Gasteiger partial charge in [0.25, 0.3) is 0 Å². The number of halogens is 1. The molecule has 0 radical (unpaired) electrons. The summed E-state index contributed by atoms with van der Waals surface area (Å²) in [5.41, 5.74) is 5.12. The summed E-state index contributed by atoms with van der Waals surface area (Å²) in [5, 5.41) is 6.29. The molecule has 0 atom stereocenters. The molecule has 2 aromatic carbocycles. The minimum Gasteiger partial charge on any atom is -0.323 e. The van der Waals surface area contributed by atoms with Crippen molar-refractivity contribution >= 4 is 67.1 Å². The van der Waals surface area contributed by atoms with Crippen LogP contribution in [0.1, 0.15) is 12.1 Å². The van der Waals surface area contributed by atoms with Crippen LogP contribution < -0.4 is 5.32 Å². The zero-order valence-corrected chi connectivity index (χ0v) is 16.9. The second-order valence-corrected chi connectivity index (χ2v) is 7.75. The van der Waals surface area contributed by atoms with Crippen LogP contribution in [0, 0.1) is 0 Å². The monoisotopic (exact) mass is 421 g/mol. The lowest BCUT2D eigenvalue weighted by molar-refractivity contribution is -0.116. The number of para-hydroxylation sites is 3. The zero-order valence-electron chi connectivity index (χ0n) is 15.3. The highest BCUT2D eigenvalue weighted by Gasteiger charge is 2.15. The lowest BCUT2D eigenvalue weighted by Gasteiger charge is -2.07. The van der Waals surface area contributed by atoms with E-state index < -0.39 is 0 Å². The van der Waals surface area contributed by atoms with Crippen molar-refractivity contribution in [2.24, 2.45) is 0 Å². The number of aromatic nitrogens is 4. The summed E-state index contributed by atoms with van der Waals surface area (Å²) in [5.74, 6) is 0.237. The van der Waals surface area contributed by atoms with Gasteiger partial charge in [-0.15, -0.1) is 22.9 Å². The van der Waals surface area contributed by atoms with Gasteiger partial charge in [0.2, 0.25) is 5.91 Å². The van der Waals surface area contributed by atoms with Gasteiger partial charge in [-0.25, -0.2) is 15.0 Å². The Morgan fingerprint density at radius 2 is 1.79 bits per heavy atom. The van der Waals surface area contributed by atoms with E-state index in [1.54, 1.807) is 0 Å². The molecule has 0 saturated carbocycles. The Morgan fingerprint density at radius 3 is 2.59 bits per heavy atom. The fourth-order valence-electron chi connectivity index (χ4n) is 3.43. The van der Waals surface area contributed by atoms with Gasteiger partial charge in [0.15, 0.2) is 10.8 Å². The molecule has 1 amide bonds. The van der Waals surface area contributed by atoms with E-state index in [4.69, 9.17) is 21.6 Å². The molecule has 3 heterocycles. The van der Waals surface area contributed by atoms with E-state index in [-0.39, 0.29) is 5.91 Å². The maximum atomic E-state index is 12.5. The summed E-state index contributed by atoms with van der Waals surface area (Å²) in [6.45, 7) is 0.497. The molecule has 6 nitrogen and oxygen atoms in total. The fraction of sp³-hybridized carbons (Fsp3) is 0.143. The molecule has 29 heavy (non-hydrogen) atoms. The number of amides is 1. The van der Waals surface area contributed by atoms with Gasteiger partial charge in [0.1, 0.15) is 5.52 Å². The van der Waals surface area contributed by atoms with Crippen molar-refractivity contribution < 1.29 is 4.79 Å². The maximum absolute atomic E-state index is 12.5. The van der Waals surface area contributed by atoms with Gasteiger partial charge in [-0.1, -0.05) is 30.3 Å². The Morgan fingerprint density at radius 1 is 1.03 bits per heavy atom. The summed E-state index contributed by atoms with van der Waals surface area (Å²) in [4.78, 5) is 26.4. The first kappa shape index (κ1) is 18.0. The molecule has 0 aliphatic rings. The maximum Gasteiger partial charge on any atom is 0.227 e. The third-order valence-corrected chi connectivity index (χ3v) is 5.84. The van der Waals surface area contributed by atoms with E-state index in [2.05, 4.69) is 14.9 Å². The van der Waals surface area contributed by atoms with Crippen molar-refractivity contribution in [3.8, 4) is 0 Å². The minimum absolute atomic E-state index is 0.0971. The number of fused-ring (bicyclic) bond motifs is 4. The highest BCUT2D eigenvalue weighted by atomic mass is 35.5. The predicted octanol–water partition coefficient (Wildman–Crippen LogP) is 4.96. The number of thiazole rings is 1. The van der Waals surface area contributed by atoms with Gasteiger partial charge in [-0.05, 0) is 18.2 Å². The number of rotatable bonds is 5. The molecule has 5 aromatic rings. The molecule has 3 aromatic heterocycles. The number of benzene rings is 2. The smallest absolute Gasteiger partial charge is 0.227 e. The third-order valence-electron chi connectivity index (χ3n) is 4.76. The van der Waals surface area contributed by atoms with Crippen molar-refractivity contribution in [2.75, 3.05) is 5.32 Å². The Hall–Kier alpha value is -3.03. The number of anilines is 1. The molecule has 144 valence electrons. The van der Waals surface area contributed by atoms with Gasteiger partial charge < -0.3 is 9.88 Å². The van der Waals surface area contributed by atoms with Gasteiger partial charge in [-0.2, -0.15) is 0 Å². The molecule has 0 fully saturated rings. The summed E-state index contributed by atoms with van der Waals surface area (Å²) in [6, 6.07) is 15.9. The van der Waals surface area contributed by atoms with Crippen LogP contribution in [0.15, 0.2) is 53.9 Å². The first-order valence-electron chi connectivity index (χ1n) is 9.17. The van der Waals surface area contributed by atoms with Crippen molar-refractivity contribution in [3.63, 3.8) is 0 Å². The molecule has 1 N–H and O–H groups in total. The van der Waals surface area contributed by atoms with Crippen molar-refractivity contribution in [2.45, 2.75) is 18.8 Å². The highest BCUT2D eigenvalue weighted by Crippen LogP contribution is 2.28. The average Bonchev–Trinajstić information content (AvgIpc) is 3.32. The number of nitrogens with zero attached hydrogens (tertiary/aromatic N) is 4. The predicted molar refractivity (Wildman–Crippen MR) is 117 cm³/mol. The molecular formula is C21H16ClN5OS. The van der Waals surface area contributed by atoms with Crippen LogP contribution in [0.5, 0.6) is 0 Å². The van der Waals surface area contributed by atoms with Crippen LogP contribution in [-0.2, 0) is 17.2 Å². The first-order chi connectivity index (χ1) is 14.2. The van der Waals surface area contributed by atoms with Gasteiger partial charge in [-0.3, -0.25) is 4.79 Å². The topological polar surface area (TPSA) is 72.7 Å². The van der Waals surface area contributed by atoms with Crippen molar-refractivity contribution in [3.05, 3.63) is 59.6 Å². The van der Waals surface area contributed by atoms with Crippen LogP contribution in [0.2, 0.25) is 0 Å².